The highest BCUT2D eigenvalue weighted by atomic mass is 16.7. The second kappa shape index (κ2) is 2.41. The summed E-state index contributed by atoms with van der Waals surface area (Å²) in [5.41, 5.74) is 0. The minimum Gasteiger partial charge on any atom is -0.352 e. The number of fused-ring (bicyclic) bond motifs is 2. The summed E-state index contributed by atoms with van der Waals surface area (Å²) >= 11 is 0. The Morgan fingerprint density at radius 2 is 2.08 bits per heavy atom. The maximum Gasteiger partial charge on any atom is 0.187 e. The molecule has 2 aliphatic rings. The first-order chi connectivity index (χ1) is 5.74. The number of hydrogen-bond acceptors (Lipinski definition) is 3. The third-order valence-electron chi connectivity index (χ3n) is 2.89. The van der Waals surface area contributed by atoms with E-state index in [9.17, 15) is 4.79 Å². The van der Waals surface area contributed by atoms with E-state index in [1.807, 2.05) is 12.2 Å². The summed E-state index contributed by atoms with van der Waals surface area (Å²) in [5, 5.41) is 0. The Labute approximate surface area is 71.3 Å². The second-order valence-electron chi connectivity index (χ2n) is 3.27. The summed E-state index contributed by atoms with van der Waals surface area (Å²) in [6.45, 7) is 0. The highest BCUT2D eigenvalue weighted by Gasteiger charge is 2.57. The van der Waals surface area contributed by atoms with Crippen molar-refractivity contribution in [2.24, 2.45) is 11.8 Å². The molecule has 0 spiro atoms. The molecular formula is C9H12O3. The molecule has 0 aromatic rings. The van der Waals surface area contributed by atoms with Gasteiger partial charge in [0.1, 0.15) is 5.78 Å². The average Bonchev–Trinajstić information content (AvgIpc) is 2.56. The smallest absolute Gasteiger partial charge is 0.187 e. The normalized spacial score (nSPS) is 36.3. The van der Waals surface area contributed by atoms with E-state index >= 15 is 0 Å². The number of rotatable bonds is 2. The van der Waals surface area contributed by atoms with Gasteiger partial charge in [0, 0.05) is 26.6 Å². The lowest BCUT2D eigenvalue weighted by Gasteiger charge is -2.30. The van der Waals surface area contributed by atoms with Crippen molar-refractivity contribution in [2.45, 2.75) is 12.2 Å². The van der Waals surface area contributed by atoms with Crippen molar-refractivity contribution in [3.8, 4) is 0 Å². The fourth-order valence-corrected chi connectivity index (χ4v) is 2.27. The molecule has 12 heavy (non-hydrogen) atoms. The number of carbonyl (C=O) groups excluding carboxylic acids is 1. The minimum absolute atomic E-state index is 0.116. The molecule has 0 radical (unpaired) electrons. The van der Waals surface area contributed by atoms with E-state index in [-0.39, 0.29) is 17.6 Å². The first-order valence-corrected chi connectivity index (χ1v) is 4.06. The Balaban J connectivity index is 2.36. The van der Waals surface area contributed by atoms with E-state index in [0.717, 1.165) is 0 Å². The molecule has 0 unspecified atom stereocenters. The Morgan fingerprint density at radius 1 is 1.42 bits per heavy atom. The molecule has 3 heteroatoms. The Kier molecular flexibility index (Phi) is 1.59. The summed E-state index contributed by atoms with van der Waals surface area (Å²) in [5.74, 6) is -0.523. The van der Waals surface area contributed by atoms with Crippen molar-refractivity contribution in [2.75, 3.05) is 14.2 Å². The number of methoxy groups -OCH3 is 2. The third-order valence-corrected chi connectivity index (χ3v) is 2.89. The molecule has 66 valence electrons. The molecule has 2 bridgehead atoms. The number of Topliss-reactive ketones (excluding diaryl/α,β-unsaturated/α-hetero) is 1. The van der Waals surface area contributed by atoms with Crippen LogP contribution in [0.15, 0.2) is 12.2 Å². The van der Waals surface area contributed by atoms with Gasteiger partial charge < -0.3 is 9.47 Å². The van der Waals surface area contributed by atoms with Gasteiger partial charge in [0.2, 0.25) is 0 Å². The zero-order chi connectivity index (χ0) is 8.77. The van der Waals surface area contributed by atoms with Crippen LogP contribution >= 0.6 is 0 Å². The highest BCUT2D eigenvalue weighted by Crippen LogP contribution is 2.47. The van der Waals surface area contributed by atoms with Gasteiger partial charge in [-0.2, -0.15) is 0 Å². The quantitative estimate of drug-likeness (QED) is 0.451. The predicted molar refractivity (Wildman–Crippen MR) is 42.5 cm³/mol. The van der Waals surface area contributed by atoms with Crippen LogP contribution in [-0.2, 0) is 14.3 Å². The second-order valence-corrected chi connectivity index (χ2v) is 3.27. The van der Waals surface area contributed by atoms with Crippen LogP contribution in [0.25, 0.3) is 0 Å². The molecule has 0 heterocycles. The van der Waals surface area contributed by atoms with Crippen molar-refractivity contribution in [1.82, 2.24) is 0 Å². The summed E-state index contributed by atoms with van der Waals surface area (Å²) in [6, 6.07) is 0. The van der Waals surface area contributed by atoms with Crippen LogP contribution < -0.4 is 0 Å². The topological polar surface area (TPSA) is 35.5 Å². The van der Waals surface area contributed by atoms with Crippen LogP contribution in [0.2, 0.25) is 0 Å². The van der Waals surface area contributed by atoms with Crippen molar-refractivity contribution in [1.29, 1.82) is 0 Å². The van der Waals surface area contributed by atoms with E-state index < -0.39 is 5.79 Å². The van der Waals surface area contributed by atoms with Crippen LogP contribution in [0.5, 0.6) is 0 Å². The number of ketones is 1. The Bertz CT molecular complexity index is 240. The van der Waals surface area contributed by atoms with Gasteiger partial charge >= 0.3 is 0 Å². The number of ether oxygens (including phenoxy) is 2. The van der Waals surface area contributed by atoms with Gasteiger partial charge in [-0.1, -0.05) is 12.2 Å². The third kappa shape index (κ3) is 0.704. The first kappa shape index (κ1) is 7.95. The van der Waals surface area contributed by atoms with Crippen molar-refractivity contribution in [3.63, 3.8) is 0 Å². The van der Waals surface area contributed by atoms with Crippen LogP contribution in [0.1, 0.15) is 6.42 Å². The molecule has 3 nitrogen and oxygen atoms in total. The molecule has 2 aliphatic carbocycles. The molecule has 1 fully saturated rings. The van der Waals surface area contributed by atoms with E-state index in [1.165, 1.54) is 0 Å². The molecule has 0 N–H and O–H groups in total. The number of carbonyl (C=O) groups is 1. The predicted octanol–water partition coefficient (Wildman–Crippen LogP) is 0.751. The summed E-state index contributed by atoms with van der Waals surface area (Å²) in [4.78, 5) is 11.4. The standard InChI is InChI=1S/C9H12O3/c1-11-9(12-2)6-3-4-7(9)8(10)5-6/h3-4,6-7H,5H2,1-2H3/t6-,7-/m0/s1. The molecule has 1 saturated carbocycles. The summed E-state index contributed by atoms with van der Waals surface area (Å²) in [6.07, 6.45) is 4.46. The van der Waals surface area contributed by atoms with E-state index in [2.05, 4.69) is 0 Å². The fraction of sp³-hybridized carbons (Fsp3) is 0.667. The van der Waals surface area contributed by atoms with Gasteiger partial charge in [-0.25, -0.2) is 0 Å². The van der Waals surface area contributed by atoms with Gasteiger partial charge in [0.15, 0.2) is 5.79 Å². The summed E-state index contributed by atoms with van der Waals surface area (Å²) in [7, 11) is 3.18. The first-order valence-electron chi connectivity index (χ1n) is 4.06. The maximum atomic E-state index is 11.4. The number of hydrogen-bond donors (Lipinski definition) is 0. The lowest BCUT2D eigenvalue weighted by atomic mass is 10.0. The molecule has 0 amide bonds. The van der Waals surface area contributed by atoms with E-state index in [4.69, 9.17) is 9.47 Å². The molecule has 0 saturated heterocycles. The molecule has 0 aromatic heterocycles. The molecule has 0 aromatic carbocycles. The van der Waals surface area contributed by atoms with Crippen LogP contribution in [-0.4, -0.2) is 25.8 Å². The highest BCUT2D eigenvalue weighted by molar-refractivity contribution is 5.88. The molecule has 0 aliphatic heterocycles. The molecule has 2 rings (SSSR count). The SMILES string of the molecule is COC1(OC)[C@H]2C=C[C@H]1C(=O)C2. The monoisotopic (exact) mass is 168 g/mol. The Hall–Kier alpha value is -0.670. The summed E-state index contributed by atoms with van der Waals surface area (Å²) < 4.78 is 10.6. The van der Waals surface area contributed by atoms with Crippen molar-refractivity contribution < 1.29 is 14.3 Å². The maximum absolute atomic E-state index is 11.4. The van der Waals surface area contributed by atoms with E-state index in [0.29, 0.717) is 6.42 Å². The lowest BCUT2D eigenvalue weighted by molar-refractivity contribution is -0.228. The van der Waals surface area contributed by atoms with Gasteiger partial charge in [-0.05, 0) is 0 Å². The van der Waals surface area contributed by atoms with Crippen molar-refractivity contribution in [3.05, 3.63) is 12.2 Å². The average molecular weight is 168 g/mol. The van der Waals surface area contributed by atoms with Crippen LogP contribution in [0, 0.1) is 11.8 Å². The van der Waals surface area contributed by atoms with E-state index in [1.54, 1.807) is 14.2 Å². The fourth-order valence-electron chi connectivity index (χ4n) is 2.27. The zero-order valence-corrected chi connectivity index (χ0v) is 7.24. The van der Waals surface area contributed by atoms with Crippen molar-refractivity contribution >= 4 is 5.78 Å². The Morgan fingerprint density at radius 3 is 2.33 bits per heavy atom. The molecular weight excluding hydrogens is 156 g/mol. The van der Waals surface area contributed by atoms with Gasteiger partial charge in [0.05, 0.1) is 5.92 Å². The van der Waals surface area contributed by atoms with Gasteiger partial charge in [0.25, 0.3) is 0 Å². The van der Waals surface area contributed by atoms with Crippen LogP contribution in [0.4, 0.5) is 0 Å². The van der Waals surface area contributed by atoms with Gasteiger partial charge in [-0.3, -0.25) is 4.79 Å². The zero-order valence-electron chi connectivity index (χ0n) is 7.24. The minimum atomic E-state index is -0.683. The van der Waals surface area contributed by atoms with Crippen LogP contribution in [0.3, 0.4) is 0 Å². The largest absolute Gasteiger partial charge is 0.352 e. The molecule has 2 atom stereocenters. The van der Waals surface area contributed by atoms with Gasteiger partial charge in [-0.15, -0.1) is 0 Å². The lowest BCUT2D eigenvalue weighted by Crippen LogP contribution is -2.40.